The van der Waals surface area contributed by atoms with Crippen molar-refractivity contribution in [3.8, 4) is 0 Å². The third-order valence-electron chi connectivity index (χ3n) is 11.6. The zero-order valence-corrected chi connectivity index (χ0v) is 23.3. The van der Waals surface area contributed by atoms with Crippen LogP contribution in [0.4, 0.5) is 0 Å². The Labute approximate surface area is 225 Å². The number of methoxy groups -OCH3 is 1. The summed E-state index contributed by atoms with van der Waals surface area (Å²) in [5.74, 6) is 2.96. The molecule has 6 nitrogen and oxygen atoms in total. The number of rotatable bonds is 6. The average Bonchev–Trinajstić information content (AvgIpc) is 3.42. The van der Waals surface area contributed by atoms with E-state index in [1.807, 2.05) is 26.2 Å². The number of fused-ring (bicyclic) bond motifs is 6. The van der Waals surface area contributed by atoms with E-state index in [1.165, 1.54) is 19.3 Å². The molecule has 4 fully saturated rings. The van der Waals surface area contributed by atoms with Crippen LogP contribution < -0.4 is 0 Å². The van der Waals surface area contributed by atoms with E-state index in [-0.39, 0.29) is 23.3 Å². The summed E-state index contributed by atoms with van der Waals surface area (Å²) in [6.45, 7) is 5.55. The quantitative estimate of drug-likeness (QED) is 0.492. The lowest BCUT2D eigenvalue weighted by atomic mass is 9.42. The van der Waals surface area contributed by atoms with Gasteiger partial charge in [0.15, 0.2) is 5.78 Å². The maximum absolute atomic E-state index is 13.8. The van der Waals surface area contributed by atoms with Gasteiger partial charge in [-0.1, -0.05) is 23.7 Å². The van der Waals surface area contributed by atoms with Gasteiger partial charge in [0.2, 0.25) is 0 Å². The number of hydrogen-bond acceptors (Lipinski definition) is 5. The molecule has 4 aliphatic rings. The summed E-state index contributed by atoms with van der Waals surface area (Å²) in [6, 6.07) is 5.55. The first-order valence-corrected chi connectivity index (χ1v) is 14.8. The molecule has 2 aromatic rings. The van der Waals surface area contributed by atoms with Gasteiger partial charge in [0.05, 0.1) is 11.1 Å². The number of Topliss-reactive ketones (excluding diaryl/α,β-unsaturated/α-hetero) is 1. The summed E-state index contributed by atoms with van der Waals surface area (Å²) in [6.07, 6.45) is 11.0. The van der Waals surface area contributed by atoms with Gasteiger partial charge in [-0.15, -0.1) is 5.10 Å². The molecular formula is C30H42ClN3O3. The number of nitrogens with zero attached hydrogens (tertiary/aromatic N) is 3. The zero-order valence-electron chi connectivity index (χ0n) is 22.6. The molecule has 202 valence electrons. The van der Waals surface area contributed by atoms with Gasteiger partial charge >= 0.3 is 0 Å². The van der Waals surface area contributed by atoms with Gasteiger partial charge in [0.25, 0.3) is 0 Å². The number of benzene rings is 1. The summed E-state index contributed by atoms with van der Waals surface area (Å²) in [5.41, 5.74) is 1.42. The van der Waals surface area contributed by atoms with Gasteiger partial charge in [0.1, 0.15) is 12.1 Å². The number of ketones is 1. The third-order valence-corrected chi connectivity index (χ3v) is 11.8. The zero-order chi connectivity index (χ0) is 26.0. The van der Waals surface area contributed by atoms with Crippen LogP contribution >= 0.6 is 11.6 Å². The van der Waals surface area contributed by atoms with E-state index in [0.29, 0.717) is 34.5 Å². The lowest BCUT2D eigenvalue weighted by Crippen LogP contribution is -2.57. The molecule has 1 heterocycles. The van der Waals surface area contributed by atoms with Gasteiger partial charge in [-0.2, -0.15) is 0 Å². The molecule has 1 aromatic heterocycles. The molecule has 4 saturated carbocycles. The highest BCUT2D eigenvalue weighted by molar-refractivity contribution is 6.31. The van der Waals surface area contributed by atoms with Gasteiger partial charge in [-0.3, -0.25) is 4.79 Å². The second kappa shape index (κ2) is 9.31. The molecule has 37 heavy (non-hydrogen) atoms. The number of ether oxygens (including phenoxy) is 1. The summed E-state index contributed by atoms with van der Waals surface area (Å²) in [7, 11) is 1.82. The number of carbonyl (C=O) groups excluding carboxylic acids is 1. The third kappa shape index (κ3) is 4.17. The van der Waals surface area contributed by atoms with E-state index >= 15 is 0 Å². The second-order valence-electron chi connectivity index (χ2n) is 13.3. The molecular weight excluding hydrogens is 486 g/mol. The molecule has 0 amide bonds. The van der Waals surface area contributed by atoms with Crippen molar-refractivity contribution < 1.29 is 14.6 Å². The largest absolute Gasteiger partial charge is 0.390 e. The molecule has 4 aliphatic carbocycles. The van der Waals surface area contributed by atoms with Crippen molar-refractivity contribution in [1.29, 1.82) is 0 Å². The predicted octanol–water partition coefficient (Wildman–Crippen LogP) is 6.08. The van der Waals surface area contributed by atoms with Crippen LogP contribution in [0.25, 0.3) is 11.0 Å². The highest BCUT2D eigenvalue weighted by atomic mass is 35.5. The van der Waals surface area contributed by atoms with Crippen LogP contribution in [0.2, 0.25) is 5.02 Å². The summed E-state index contributed by atoms with van der Waals surface area (Å²) in [4.78, 5) is 13.8. The number of carbonyl (C=O) groups is 1. The van der Waals surface area contributed by atoms with Crippen molar-refractivity contribution in [3.05, 3.63) is 23.2 Å². The van der Waals surface area contributed by atoms with Gasteiger partial charge < -0.3 is 9.84 Å². The Bertz CT molecular complexity index is 1180. The molecule has 0 spiro atoms. The van der Waals surface area contributed by atoms with Crippen LogP contribution in [-0.4, -0.2) is 45.2 Å². The van der Waals surface area contributed by atoms with Crippen molar-refractivity contribution in [2.75, 3.05) is 13.7 Å². The van der Waals surface area contributed by atoms with Crippen LogP contribution in [0.15, 0.2) is 18.2 Å². The fourth-order valence-electron chi connectivity index (χ4n) is 9.87. The molecule has 0 radical (unpaired) electrons. The van der Waals surface area contributed by atoms with Gasteiger partial charge in [-0.05, 0) is 124 Å². The fraction of sp³-hybridized carbons (Fsp3) is 0.767. The lowest BCUT2D eigenvalue weighted by Gasteiger charge is -2.63. The topological polar surface area (TPSA) is 77.2 Å². The Morgan fingerprint density at radius 1 is 1.14 bits per heavy atom. The van der Waals surface area contributed by atoms with Gasteiger partial charge in [-0.25, -0.2) is 4.68 Å². The minimum absolute atomic E-state index is 0.0629. The van der Waals surface area contributed by atoms with E-state index in [1.54, 1.807) is 10.7 Å². The number of halogens is 1. The Morgan fingerprint density at radius 3 is 2.78 bits per heavy atom. The van der Waals surface area contributed by atoms with E-state index in [2.05, 4.69) is 17.2 Å². The lowest BCUT2D eigenvalue weighted by molar-refractivity contribution is -0.163. The number of aliphatic hydroxyl groups is 1. The standard InChI is InChI=1S/C30H42ClN3O3/c1-28(36)12-13-30(14-15-37-3)19(17-28)4-6-21-22-7-8-24(29(22,2)11-10-23(21)30)27(35)18-34-26-9-5-20(31)16-25(26)32-33-34/h5,9,16,19,21-24,36H,4,6-8,10-15,17-18H2,1-3H3/t19-,21-,22-,23-,24+,28+,29-,30+/m0/s1. The van der Waals surface area contributed by atoms with Crippen LogP contribution in [0, 0.1) is 40.4 Å². The van der Waals surface area contributed by atoms with Gasteiger partial charge in [0, 0.05) is 24.7 Å². The number of aromatic nitrogens is 3. The first-order valence-electron chi connectivity index (χ1n) is 14.4. The Morgan fingerprint density at radius 2 is 1.97 bits per heavy atom. The van der Waals surface area contributed by atoms with Crippen molar-refractivity contribution in [3.63, 3.8) is 0 Å². The van der Waals surface area contributed by atoms with Crippen LogP contribution in [-0.2, 0) is 16.1 Å². The first-order chi connectivity index (χ1) is 17.7. The predicted molar refractivity (Wildman–Crippen MR) is 144 cm³/mol. The molecule has 0 aliphatic heterocycles. The van der Waals surface area contributed by atoms with E-state index < -0.39 is 5.60 Å². The Hall–Kier alpha value is -1.50. The molecule has 8 atom stereocenters. The molecule has 6 rings (SSSR count). The summed E-state index contributed by atoms with van der Waals surface area (Å²) < 4.78 is 7.39. The minimum atomic E-state index is -0.529. The van der Waals surface area contributed by atoms with Crippen LogP contribution in [0.1, 0.15) is 78.1 Å². The SMILES string of the molecule is COCC[C@]12CC[C@@](C)(O)C[C@@H]1CC[C@H]1[C@@H]3CC[C@H](C(=O)Cn4nnc5cc(Cl)ccc54)[C@@]3(C)CC[C@@H]12. The number of hydrogen-bond donors (Lipinski definition) is 1. The molecule has 0 saturated heterocycles. The molecule has 1 aromatic carbocycles. The average molecular weight is 528 g/mol. The minimum Gasteiger partial charge on any atom is -0.390 e. The van der Waals surface area contributed by atoms with E-state index in [4.69, 9.17) is 16.3 Å². The molecule has 0 bridgehead atoms. The maximum Gasteiger partial charge on any atom is 0.157 e. The first kappa shape index (κ1) is 25.8. The summed E-state index contributed by atoms with van der Waals surface area (Å²) in [5, 5.41) is 20.1. The van der Waals surface area contributed by atoms with E-state index in [9.17, 15) is 9.90 Å². The van der Waals surface area contributed by atoms with Crippen LogP contribution in [0.3, 0.4) is 0 Å². The highest BCUT2D eigenvalue weighted by Crippen LogP contribution is 2.69. The maximum atomic E-state index is 13.8. The van der Waals surface area contributed by atoms with Crippen molar-refractivity contribution in [2.45, 2.75) is 90.2 Å². The summed E-state index contributed by atoms with van der Waals surface area (Å²) >= 11 is 6.12. The fourth-order valence-corrected chi connectivity index (χ4v) is 10.0. The molecule has 7 heteroatoms. The molecule has 0 unspecified atom stereocenters. The normalized spacial score (nSPS) is 41.3. The van der Waals surface area contributed by atoms with Crippen LogP contribution in [0.5, 0.6) is 0 Å². The Balaban J connectivity index is 1.23. The Kier molecular flexibility index (Phi) is 6.48. The smallest absolute Gasteiger partial charge is 0.157 e. The van der Waals surface area contributed by atoms with Crippen molar-refractivity contribution in [1.82, 2.24) is 15.0 Å². The van der Waals surface area contributed by atoms with Crippen molar-refractivity contribution in [2.24, 2.45) is 40.4 Å². The van der Waals surface area contributed by atoms with Crippen molar-refractivity contribution >= 4 is 28.4 Å². The highest BCUT2D eigenvalue weighted by Gasteiger charge is 2.62. The monoisotopic (exact) mass is 527 g/mol. The van der Waals surface area contributed by atoms with E-state index in [0.717, 1.165) is 62.6 Å². The molecule has 1 N–H and O–H groups in total. The second-order valence-corrected chi connectivity index (χ2v) is 13.8.